The molecule has 1 rings (SSSR count). The van der Waals surface area contributed by atoms with Crippen molar-refractivity contribution in [1.82, 2.24) is 0 Å². The predicted octanol–water partition coefficient (Wildman–Crippen LogP) is 2.24. The molecule has 0 aliphatic carbocycles. The zero-order valence-electron chi connectivity index (χ0n) is 9.75. The molecule has 19 heavy (non-hydrogen) atoms. The van der Waals surface area contributed by atoms with E-state index in [1.165, 1.54) is 12.2 Å². The smallest absolute Gasteiger partial charge is 0.465 e. The van der Waals surface area contributed by atoms with Crippen molar-refractivity contribution in [3.8, 4) is 0 Å². The number of carbonyl (C=O) groups excluding carboxylic acids is 3. The summed E-state index contributed by atoms with van der Waals surface area (Å²) in [4.78, 5) is 33.0. The third-order valence-electron chi connectivity index (χ3n) is 1.96. The Morgan fingerprint density at radius 3 is 2.32 bits per heavy atom. The largest absolute Gasteiger partial charge is 0.471 e. The number of hydrogen-bond acceptors (Lipinski definition) is 5. The van der Waals surface area contributed by atoms with E-state index < -0.39 is 29.5 Å². The van der Waals surface area contributed by atoms with Crippen molar-refractivity contribution >= 4 is 34.7 Å². The molecule has 1 aromatic heterocycles. The van der Waals surface area contributed by atoms with Crippen LogP contribution in [0, 0.1) is 0 Å². The van der Waals surface area contributed by atoms with E-state index in [9.17, 15) is 27.6 Å². The third-order valence-corrected chi connectivity index (χ3v) is 3.17. The Balaban J connectivity index is 3.15. The summed E-state index contributed by atoms with van der Waals surface area (Å²) in [5.41, 5.74) is -0.399. The molecule has 1 amide bonds. The maximum Gasteiger partial charge on any atom is 0.471 e. The lowest BCUT2D eigenvalue weighted by Gasteiger charge is -2.07. The topological polar surface area (TPSA) is 72.5 Å². The number of methoxy groups -OCH3 is 1. The van der Waals surface area contributed by atoms with E-state index in [4.69, 9.17) is 0 Å². The molecule has 0 bridgehead atoms. The number of carbonyl (C=O) groups is 3. The minimum absolute atomic E-state index is 0.0397. The van der Waals surface area contributed by atoms with E-state index in [1.54, 1.807) is 0 Å². The molecule has 9 heteroatoms. The summed E-state index contributed by atoms with van der Waals surface area (Å²) < 4.78 is 40.7. The first-order valence-corrected chi connectivity index (χ1v) is 5.59. The first kappa shape index (κ1) is 15.2. The van der Waals surface area contributed by atoms with Gasteiger partial charge in [-0.1, -0.05) is 0 Å². The van der Waals surface area contributed by atoms with E-state index in [-0.39, 0.29) is 9.75 Å². The lowest BCUT2D eigenvalue weighted by Crippen LogP contribution is -2.30. The summed E-state index contributed by atoms with van der Waals surface area (Å²) in [6.45, 7) is 1.18. The predicted molar refractivity (Wildman–Crippen MR) is 60.3 cm³/mol. The number of nitrogens with one attached hydrogen (secondary N) is 1. The van der Waals surface area contributed by atoms with Crippen LogP contribution in [-0.4, -0.2) is 30.9 Å². The summed E-state index contributed by atoms with van der Waals surface area (Å²) >= 11 is 0.647. The molecule has 0 aromatic carbocycles. The number of thiophene rings is 1. The summed E-state index contributed by atoms with van der Waals surface area (Å²) in [5.74, 6) is -3.61. The van der Waals surface area contributed by atoms with Crippen LogP contribution in [0.15, 0.2) is 6.07 Å². The number of esters is 1. The van der Waals surface area contributed by atoms with E-state index in [0.29, 0.717) is 11.3 Å². The van der Waals surface area contributed by atoms with Gasteiger partial charge in [0.05, 0.1) is 17.7 Å². The zero-order valence-corrected chi connectivity index (χ0v) is 10.6. The lowest BCUT2D eigenvalue weighted by atomic mass is 10.3. The molecular weight excluding hydrogens is 287 g/mol. The monoisotopic (exact) mass is 295 g/mol. The van der Waals surface area contributed by atoms with Crippen LogP contribution in [0.4, 0.5) is 18.9 Å². The van der Waals surface area contributed by atoms with Crippen LogP contribution in [0.25, 0.3) is 0 Å². The van der Waals surface area contributed by atoms with Crippen LogP contribution in [0.2, 0.25) is 0 Å². The molecule has 104 valence electrons. The minimum atomic E-state index is -5.09. The van der Waals surface area contributed by atoms with Gasteiger partial charge in [-0.15, -0.1) is 11.3 Å². The zero-order chi connectivity index (χ0) is 14.8. The summed E-state index contributed by atoms with van der Waals surface area (Å²) in [7, 11) is 1.03. The maximum atomic E-state index is 12.1. The molecule has 1 N–H and O–H groups in total. The average Bonchev–Trinajstić information content (AvgIpc) is 2.71. The molecule has 0 saturated heterocycles. The van der Waals surface area contributed by atoms with Crippen LogP contribution in [0.5, 0.6) is 0 Å². The number of ether oxygens (including phenoxy) is 1. The van der Waals surface area contributed by atoms with Gasteiger partial charge in [-0.25, -0.2) is 4.79 Å². The van der Waals surface area contributed by atoms with Gasteiger partial charge in [0.15, 0.2) is 5.78 Å². The SMILES string of the molecule is COC(=O)c1sc(C(C)=O)cc1NC(=O)C(F)(F)F. The molecule has 0 aliphatic heterocycles. The summed E-state index contributed by atoms with van der Waals surface area (Å²) in [5, 5.41) is 1.53. The molecule has 0 fully saturated rings. The highest BCUT2D eigenvalue weighted by atomic mass is 32.1. The Hall–Kier alpha value is -1.90. The van der Waals surface area contributed by atoms with Crippen molar-refractivity contribution in [2.75, 3.05) is 12.4 Å². The summed E-state index contributed by atoms with van der Waals surface area (Å²) in [6, 6.07) is 1.00. The van der Waals surface area contributed by atoms with Crippen LogP contribution in [0.3, 0.4) is 0 Å². The third kappa shape index (κ3) is 3.53. The van der Waals surface area contributed by atoms with Gasteiger partial charge in [0.2, 0.25) is 0 Å². The van der Waals surface area contributed by atoms with Crippen molar-refractivity contribution < 1.29 is 32.3 Å². The number of halogens is 3. The normalized spacial score (nSPS) is 11.0. The average molecular weight is 295 g/mol. The quantitative estimate of drug-likeness (QED) is 0.685. The van der Waals surface area contributed by atoms with Crippen molar-refractivity contribution in [1.29, 1.82) is 0 Å². The maximum absolute atomic E-state index is 12.1. The number of hydrogen-bond donors (Lipinski definition) is 1. The van der Waals surface area contributed by atoms with Crippen molar-refractivity contribution in [3.63, 3.8) is 0 Å². The molecule has 0 unspecified atom stereocenters. The van der Waals surface area contributed by atoms with Crippen LogP contribution in [0.1, 0.15) is 26.3 Å². The fourth-order valence-electron chi connectivity index (χ4n) is 1.09. The number of ketones is 1. The van der Waals surface area contributed by atoms with Crippen molar-refractivity contribution in [2.24, 2.45) is 0 Å². The Morgan fingerprint density at radius 2 is 1.89 bits per heavy atom. The lowest BCUT2D eigenvalue weighted by molar-refractivity contribution is -0.167. The number of alkyl halides is 3. The summed E-state index contributed by atoms with van der Waals surface area (Å²) in [6.07, 6.45) is -5.09. The first-order valence-electron chi connectivity index (χ1n) is 4.78. The molecule has 5 nitrogen and oxygen atoms in total. The highest BCUT2D eigenvalue weighted by Gasteiger charge is 2.39. The van der Waals surface area contributed by atoms with Gasteiger partial charge in [-0.05, 0) is 13.0 Å². The van der Waals surface area contributed by atoms with E-state index in [0.717, 1.165) is 13.2 Å². The van der Waals surface area contributed by atoms with Crippen molar-refractivity contribution in [2.45, 2.75) is 13.1 Å². The van der Waals surface area contributed by atoms with Gasteiger partial charge in [0, 0.05) is 0 Å². The number of amides is 1. The molecule has 0 saturated carbocycles. The molecule has 1 heterocycles. The van der Waals surface area contributed by atoms with Gasteiger partial charge >= 0.3 is 18.1 Å². The molecule has 1 aromatic rings. The highest BCUT2D eigenvalue weighted by molar-refractivity contribution is 7.16. The van der Waals surface area contributed by atoms with Crippen LogP contribution < -0.4 is 5.32 Å². The molecule has 0 aliphatic rings. The second-order valence-electron chi connectivity index (χ2n) is 3.35. The first-order chi connectivity index (χ1) is 8.66. The van der Waals surface area contributed by atoms with E-state index in [2.05, 4.69) is 4.74 Å². The Labute approximate surface area is 109 Å². The van der Waals surface area contributed by atoms with Crippen molar-refractivity contribution in [3.05, 3.63) is 15.8 Å². The molecule has 0 radical (unpaired) electrons. The second-order valence-corrected chi connectivity index (χ2v) is 4.41. The van der Waals surface area contributed by atoms with Gasteiger partial charge < -0.3 is 10.1 Å². The van der Waals surface area contributed by atoms with Gasteiger partial charge in [-0.3, -0.25) is 9.59 Å². The van der Waals surface area contributed by atoms with Gasteiger partial charge in [0.25, 0.3) is 0 Å². The Bertz CT molecular complexity index is 535. The van der Waals surface area contributed by atoms with Crippen LogP contribution in [-0.2, 0) is 9.53 Å². The van der Waals surface area contributed by atoms with Gasteiger partial charge in [0.1, 0.15) is 4.88 Å². The molecule has 0 atom stereocenters. The minimum Gasteiger partial charge on any atom is -0.465 e. The van der Waals surface area contributed by atoms with E-state index >= 15 is 0 Å². The fourth-order valence-corrected chi connectivity index (χ4v) is 2.02. The number of anilines is 1. The Morgan fingerprint density at radius 1 is 1.32 bits per heavy atom. The van der Waals surface area contributed by atoms with Crippen LogP contribution >= 0.6 is 11.3 Å². The molecule has 0 spiro atoms. The number of rotatable bonds is 3. The second kappa shape index (κ2) is 5.39. The van der Waals surface area contributed by atoms with E-state index in [1.807, 2.05) is 0 Å². The standard InChI is InChI=1S/C10H8F3NO4S/c1-4(15)6-3-5(7(19-6)8(16)18-2)14-9(17)10(11,12)13/h3H,1-2H3,(H,14,17). The fraction of sp³-hybridized carbons (Fsp3) is 0.300. The Kier molecular flexibility index (Phi) is 4.30. The number of Topliss-reactive ketones (excluding diaryl/α,β-unsaturated/α-hetero) is 1. The highest BCUT2D eigenvalue weighted by Crippen LogP contribution is 2.30. The van der Waals surface area contributed by atoms with Gasteiger partial charge in [-0.2, -0.15) is 13.2 Å². The molecular formula is C10H8F3NO4S.